The first-order valence-corrected chi connectivity index (χ1v) is 9.94. The van der Waals surface area contributed by atoms with Gasteiger partial charge in [-0.05, 0) is 38.3 Å². The number of H-pyrrole nitrogens is 1. The van der Waals surface area contributed by atoms with Crippen LogP contribution in [0.5, 0.6) is 0 Å². The van der Waals surface area contributed by atoms with Crippen molar-refractivity contribution in [3.8, 4) is 0 Å². The van der Waals surface area contributed by atoms with Gasteiger partial charge in [-0.3, -0.25) is 19.4 Å². The normalized spacial score (nSPS) is 20.9. The van der Waals surface area contributed by atoms with Gasteiger partial charge in [0.15, 0.2) is 0 Å². The van der Waals surface area contributed by atoms with Gasteiger partial charge in [0.05, 0.1) is 12.5 Å². The van der Waals surface area contributed by atoms with Crippen LogP contribution in [0.4, 0.5) is 5.95 Å². The highest BCUT2D eigenvalue weighted by molar-refractivity contribution is 5.99. The zero-order valence-corrected chi connectivity index (χ0v) is 16.6. The third-order valence-corrected chi connectivity index (χ3v) is 5.74. The molecule has 2 atom stereocenters. The Labute approximate surface area is 168 Å². The van der Waals surface area contributed by atoms with Crippen LogP contribution >= 0.6 is 0 Å². The number of aromatic nitrogens is 2. The minimum absolute atomic E-state index is 0.0319. The Kier molecular flexibility index (Phi) is 5.08. The van der Waals surface area contributed by atoms with E-state index >= 15 is 0 Å². The summed E-state index contributed by atoms with van der Waals surface area (Å²) in [5.41, 5.74) is 2.71. The Morgan fingerprint density at radius 3 is 2.86 bits per heavy atom. The maximum atomic E-state index is 12.6. The molecule has 8 heteroatoms. The maximum absolute atomic E-state index is 12.6. The van der Waals surface area contributed by atoms with Crippen molar-refractivity contribution in [2.24, 2.45) is 0 Å². The zero-order valence-electron chi connectivity index (χ0n) is 16.6. The fraction of sp³-hybridized carbons (Fsp3) is 0.429. The molecule has 1 saturated heterocycles. The number of hydrogen-bond donors (Lipinski definition) is 3. The lowest BCUT2D eigenvalue weighted by molar-refractivity contribution is -0.122. The van der Waals surface area contributed by atoms with E-state index in [1.54, 1.807) is 13.0 Å². The second-order valence-corrected chi connectivity index (χ2v) is 7.77. The highest BCUT2D eigenvalue weighted by Crippen LogP contribution is 2.27. The van der Waals surface area contributed by atoms with Gasteiger partial charge in [-0.1, -0.05) is 18.2 Å². The van der Waals surface area contributed by atoms with Gasteiger partial charge in [-0.2, -0.15) is 0 Å². The van der Waals surface area contributed by atoms with Crippen molar-refractivity contribution in [2.75, 3.05) is 18.0 Å². The smallest absolute Gasteiger partial charge is 0.255 e. The third-order valence-electron chi connectivity index (χ3n) is 5.74. The lowest BCUT2D eigenvalue weighted by Gasteiger charge is -2.33. The van der Waals surface area contributed by atoms with Crippen LogP contribution in [0.2, 0.25) is 0 Å². The van der Waals surface area contributed by atoms with Gasteiger partial charge >= 0.3 is 0 Å². The van der Waals surface area contributed by atoms with Gasteiger partial charge in [0.2, 0.25) is 11.9 Å². The molecule has 4 rings (SSSR count). The monoisotopic (exact) mass is 395 g/mol. The zero-order chi connectivity index (χ0) is 20.5. The quantitative estimate of drug-likeness (QED) is 0.724. The number of benzene rings is 1. The molecule has 29 heavy (non-hydrogen) atoms. The van der Waals surface area contributed by atoms with Crippen LogP contribution in [-0.4, -0.2) is 40.9 Å². The number of amides is 2. The molecule has 1 aromatic heterocycles. The Morgan fingerprint density at radius 2 is 2.07 bits per heavy atom. The van der Waals surface area contributed by atoms with Crippen molar-refractivity contribution in [1.29, 1.82) is 0 Å². The summed E-state index contributed by atoms with van der Waals surface area (Å²) < 4.78 is 0. The third kappa shape index (κ3) is 3.87. The van der Waals surface area contributed by atoms with Crippen LogP contribution < -0.4 is 21.1 Å². The van der Waals surface area contributed by atoms with Gasteiger partial charge < -0.3 is 15.5 Å². The van der Waals surface area contributed by atoms with Crippen molar-refractivity contribution >= 4 is 17.8 Å². The standard InChI is InChI=1S/C21H25N5O3/c1-12-13(2)22-21(25-19(12)28)26-9-5-6-14(11-26)23-18(27)10-17-15-7-3-4-8-16(15)20(29)24-17/h3-4,7-8,14,17H,5-6,9-11H2,1-2H3,(H,23,27)(H,24,29)(H,22,25,28)/t14-,17+/m0/s1. The van der Waals surface area contributed by atoms with E-state index in [2.05, 4.69) is 20.6 Å². The second-order valence-electron chi connectivity index (χ2n) is 7.77. The first-order chi connectivity index (χ1) is 13.9. The highest BCUT2D eigenvalue weighted by atomic mass is 16.2. The number of carbonyl (C=O) groups is 2. The topological polar surface area (TPSA) is 107 Å². The number of aryl methyl sites for hydroxylation is 1. The molecule has 1 aromatic carbocycles. The summed E-state index contributed by atoms with van der Waals surface area (Å²) in [6.45, 7) is 4.95. The average molecular weight is 395 g/mol. The van der Waals surface area contributed by atoms with Gasteiger partial charge in [0, 0.05) is 36.0 Å². The highest BCUT2D eigenvalue weighted by Gasteiger charge is 2.30. The van der Waals surface area contributed by atoms with Crippen LogP contribution in [0.15, 0.2) is 29.1 Å². The molecule has 0 unspecified atom stereocenters. The van der Waals surface area contributed by atoms with E-state index in [-0.39, 0.29) is 35.9 Å². The van der Waals surface area contributed by atoms with Crippen molar-refractivity contribution in [3.63, 3.8) is 0 Å². The molecule has 1 fully saturated rings. The largest absolute Gasteiger partial charge is 0.352 e. The van der Waals surface area contributed by atoms with E-state index in [1.807, 2.05) is 30.0 Å². The van der Waals surface area contributed by atoms with E-state index in [0.29, 0.717) is 29.3 Å². The Bertz CT molecular complexity index is 1020. The van der Waals surface area contributed by atoms with Gasteiger partial charge in [0.25, 0.3) is 11.5 Å². The van der Waals surface area contributed by atoms with E-state index in [1.165, 1.54) is 0 Å². The molecule has 0 saturated carbocycles. The lowest BCUT2D eigenvalue weighted by atomic mass is 10.0. The predicted molar refractivity (Wildman–Crippen MR) is 109 cm³/mol. The minimum Gasteiger partial charge on any atom is -0.352 e. The maximum Gasteiger partial charge on any atom is 0.255 e. The molecule has 2 aliphatic heterocycles. The number of nitrogens with one attached hydrogen (secondary N) is 3. The van der Waals surface area contributed by atoms with Gasteiger partial charge in [-0.25, -0.2) is 4.98 Å². The molecule has 2 amide bonds. The molecule has 0 spiro atoms. The van der Waals surface area contributed by atoms with E-state index in [4.69, 9.17) is 0 Å². The number of rotatable bonds is 4. The number of carbonyl (C=O) groups excluding carboxylic acids is 2. The summed E-state index contributed by atoms with van der Waals surface area (Å²) in [4.78, 5) is 46.1. The Hall–Kier alpha value is -3.16. The Morgan fingerprint density at radius 1 is 1.28 bits per heavy atom. The summed E-state index contributed by atoms with van der Waals surface area (Å²) >= 11 is 0. The number of hydrogen-bond acceptors (Lipinski definition) is 5. The lowest BCUT2D eigenvalue weighted by Crippen LogP contribution is -2.49. The van der Waals surface area contributed by atoms with Gasteiger partial charge in [-0.15, -0.1) is 0 Å². The molecular formula is C21H25N5O3. The SMILES string of the molecule is Cc1nc(N2CCC[C@H](NC(=O)C[C@H]3NC(=O)c4ccccc43)C2)[nH]c(=O)c1C. The molecule has 0 aliphatic carbocycles. The number of piperidine rings is 1. The average Bonchev–Trinajstić information content (AvgIpc) is 3.01. The second kappa shape index (κ2) is 7.69. The van der Waals surface area contributed by atoms with E-state index in [9.17, 15) is 14.4 Å². The van der Waals surface area contributed by atoms with Crippen LogP contribution in [0.25, 0.3) is 0 Å². The van der Waals surface area contributed by atoms with Gasteiger partial charge in [0.1, 0.15) is 0 Å². The molecular weight excluding hydrogens is 370 g/mol. The molecule has 2 aliphatic rings. The fourth-order valence-corrected chi connectivity index (χ4v) is 4.02. The van der Waals surface area contributed by atoms with Crippen molar-refractivity contribution < 1.29 is 9.59 Å². The molecule has 3 heterocycles. The molecule has 0 bridgehead atoms. The number of nitrogens with zero attached hydrogens (tertiary/aromatic N) is 2. The van der Waals surface area contributed by atoms with Crippen LogP contribution in [0, 0.1) is 13.8 Å². The summed E-state index contributed by atoms with van der Waals surface area (Å²) in [5.74, 6) is 0.321. The molecule has 3 N–H and O–H groups in total. The Balaban J connectivity index is 1.39. The van der Waals surface area contributed by atoms with Crippen molar-refractivity contribution in [3.05, 3.63) is 57.0 Å². The first kappa shape index (κ1) is 19.2. The summed E-state index contributed by atoms with van der Waals surface area (Å²) in [6.07, 6.45) is 1.97. The number of aromatic amines is 1. The first-order valence-electron chi connectivity index (χ1n) is 9.94. The van der Waals surface area contributed by atoms with E-state index in [0.717, 1.165) is 24.9 Å². The summed E-state index contributed by atoms with van der Waals surface area (Å²) in [5, 5.41) is 5.96. The van der Waals surface area contributed by atoms with Crippen LogP contribution in [0.3, 0.4) is 0 Å². The minimum atomic E-state index is -0.295. The predicted octanol–water partition coefficient (Wildman–Crippen LogP) is 1.35. The molecule has 152 valence electrons. The van der Waals surface area contributed by atoms with Crippen LogP contribution in [0.1, 0.15) is 52.5 Å². The van der Waals surface area contributed by atoms with Crippen molar-refractivity contribution in [2.45, 2.75) is 45.2 Å². The molecule has 8 nitrogen and oxygen atoms in total. The number of fused-ring (bicyclic) bond motifs is 1. The summed E-state index contributed by atoms with van der Waals surface area (Å²) in [7, 11) is 0. The fourth-order valence-electron chi connectivity index (χ4n) is 4.02. The van der Waals surface area contributed by atoms with Crippen LogP contribution in [-0.2, 0) is 4.79 Å². The summed E-state index contributed by atoms with van der Waals surface area (Å²) in [6, 6.07) is 7.03. The number of anilines is 1. The van der Waals surface area contributed by atoms with E-state index < -0.39 is 0 Å². The van der Waals surface area contributed by atoms with Crippen molar-refractivity contribution in [1.82, 2.24) is 20.6 Å². The molecule has 2 aromatic rings. The molecule has 0 radical (unpaired) electrons.